The van der Waals surface area contributed by atoms with Crippen molar-refractivity contribution in [2.75, 3.05) is 12.1 Å². The van der Waals surface area contributed by atoms with E-state index >= 15 is 0 Å². The minimum Gasteiger partial charge on any atom is -0.493 e. The summed E-state index contributed by atoms with van der Waals surface area (Å²) in [6, 6.07) is 18.5. The van der Waals surface area contributed by atoms with Gasteiger partial charge < -0.3 is 9.47 Å². The second-order valence-corrected chi connectivity index (χ2v) is 7.60. The van der Waals surface area contributed by atoms with Gasteiger partial charge in [0.15, 0.2) is 11.5 Å². The number of methoxy groups -OCH3 is 1. The molecule has 0 spiro atoms. The topological polar surface area (TPSA) is 67.9 Å². The molecule has 0 bridgehead atoms. The molecule has 1 aliphatic heterocycles. The van der Waals surface area contributed by atoms with Crippen molar-refractivity contribution in [2.24, 2.45) is 0 Å². The van der Waals surface area contributed by atoms with E-state index in [0.717, 1.165) is 5.56 Å². The molecule has 3 aromatic carbocycles. The molecule has 1 saturated heterocycles. The van der Waals surface area contributed by atoms with Crippen LogP contribution in [0.4, 0.5) is 10.1 Å². The third kappa shape index (κ3) is 4.83. The van der Waals surface area contributed by atoms with E-state index in [0.29, 0.717) is 34.7 Å². The quantitative estimate of drug-likeness (QED) is 0.304. The molecule has 1 heterocycles. The zero-order chi connectivity index (χ0) is 24.1. The number of amides is 2. The normalized spacial score (nSPS) is 14.3. The first-order chi connectivity index (χ1) is 16.5. The summed E-state index contributed by atoms with van der Waals surface area (Å²) in [6.07, 6.45) is 3.69. The number of ether oxygens (including phenoxy) is 2. The Kier molecular flexibility index (Phi) is 6.73. The average molecular weight is 458 g/mol. The van der Waals surface area contributed by atoms with Crippen LogP contribution in [0.5, 0.6) is 11.5 Å². The van der Waals surface area contributed by atoms with E-state index in [2.05, 4.69) is 12.0 Å². The van der Waals surface area contributed by atoms with Gasteiger partial charge in [-0.2, -0.15) is 0 Å². The van der Waals surface area contributed by atoms with Gasteiger partial charge in [-0.15, -0.1) is 6.58 Å². The van der Waals surface area contributed by atoms with Crippen molar-refractivity contribution >= 4 is 23.6 Å². The molecule has 7 heteroatoms. The number of carbonyl (C=O) groups excluding carboxylic acids is 2. The first-order valence-corrected chi connectivity index (χ1v) is 10.6. The Hall–Kier alpha value is -4.39. The smallest absolute Gasteiger partial charge is 0.282 e. The Bertz CT molecular complexity index is 1270. The van der Waals surface area contributed by atoms with Gasteiger partial charge in [0.25, 0.3) is 11.8 Å². The maximum absolute atomic E-state index is 13.5. The summed E-state index contributed by atoms with van der Waals surface area (Å²) in [5, 5.41) is 1.21. The number of carbonyl (C=O) groups is 2. The Morgan fingerprint density at radius 3 is 2.56 bits per heavy atom. The van der Waals surface area contributed by atoms with Crippen LogP contribution in [0.3, 0.4) is 0 Å². The molecular formula is C27H23FN2O4. The van der Waals surface area contributed by atoms with Gasteiger partial charge in [-0.1, -0.05) is 36.4 Å². The highest BCUT2D eigenvalue weighted by Gasteiger charge is 2.34. The number of hydrogen-bond donors (Lipinski definition) is 1. The maximum Gasteiger partial charge on any atom is 0.282 e. The highest BCUT2D eigenvalue weighted by molar-refractivity contribution is 6.31. The van der Waals surface area contributed by atoms with Gasteiger partial charge in [-0.25, -0.2) is 9.40 Å². The van der Waals surface area contributed by atoms with E-state index in [9.17, 15) is 14.0 Å². The predicted molar refractivity (Wildman–Crippen MR) is 128 cm³/mol. The summed E-state index contributed by atoms with van der Waals surface area (Å²) in [7, 11) is 1.50. The number of nitrogens with zero attached hydrogens (tertiary/aromatic N) is 1. The number of nitrogens with one attached hydrogen (secondary N) is 1. The van der Waals surface area contributed by atoms with Crippen LogP contribution in [0, 0.1) is 5.82 Å². The summed E-state index contributed by atoms with van der Waals surface area (Å²) in [4.78, 5) is 25.5. The molecule has 3 aromatic rings. The largest absolute Gasteiger partial charge is 0.493 e. The van der Waals surface area contributed by atoms with Gasteiger partial charge in [-0.05, 0) is 60.0 Å². The van der Waals surface area contributed by atoms with Crippen molar-refractivity contribution in [3.63, 3.8) is 0 Å². The van der Waals surface area contributed by atoms with Gasteiger partial charge in [0.1, 0.15) is 18.0 Å². The molecule has 172 valence electrons. The van der Waals surface area contributed by atoms with Crippen LogP contribution in [0.15, 0.2) is 85.0 Å². The molecule has 0 aliphatic carbocycles. The maximum atomic E-state index is 13.5. The molecule has 1 aliphatic rings. The molecule has 1 N–H and O–H groups in total. The molecule has 0 radical (unpaired) electrons. The van der Waals surface area contributed by atoms with Crippen molar-refractivity contribution in [3.8, 4) is 11.5 Å². The van der Waals surface area contributed by atoms with E-state index in [1.807, 2.05) is 12.1 Å². The van der Waals surface area contributed by atoms with Crippen LogP contribution < -0.4 is 19.9 Å². The van der Waals surface area contributed by atoms with E-state index in [1.165, 1.54) is 30.3 Å². The highest BCUT2D eigenvalue weighted by atomic mass is 19.1. The molecule has 0 saturated carbocycles. The minimum atomic E-state index is -0.496. The molecular weight excluding hydrogens is 435 g/mol. The van der Waals surface area contributed by atoms with Crippen molar-refractivity contribution in [1.29, 1.82) is 0 Å². The van der Waals surface area contributed by atoms with Crippen LogP contribution >= 0.6 is 0 Å². The fourth-order valence-electron chi connectivity index (χ4n) is 3.65. The van der Waals surface area contributed by atoms with Crippen molar-refractivity contribution in [1.82, 2.24) is 5.43 Å². The molecule has 1 fully saturated rings. The molecule has 0 atom stereocenters. The van der Waals surface area contributed by atoms with Crippen LogP contribution in [0.25, 0.3) is 6.08 Å². The lowest BCUT2D eigenvalue weighted by molar-refractivity contribution is -0.117. The Morgan fingerprint density at radius 2 is 1.85 bits per heavy atom. The number of benzene rings is 3. The van der Waals surface area contributed by atoms with Crippen molar-refractivity contribution < 1.29 is 23.5 Å². The van der Waals surface area contributed by atoms with E-state index in [4.69, 9.17) is 9.47 Å². The van der Waals surface area contributed by atoms with Gasteiger partial charge in [0.2, 0.25) is 0 Å². The third-order valence-electron chi connectivity index (χ3n) is 5.23. The summed E-state index contributed by atoms with van der Waals surface area (Å²) in [5.41, 5.74) is 5.18. The Labute approximate surface area is 196 Å². The van der Waals surface area contributed by atoms with Gasteiger partial charge in [-0.3, -0.25) is 15.0 Å². The molecule has 4 rings (SSSR count). The Morgan fingerprint density at radius 1 is 1.06 bits per heavy atom. The number of hydrazine groups is 1. The summed E-state index contributed by atoms with van der Waals surface area (Å²) < 4.78 is 25.0. The number of hydrogen-bond acceptors (Lipinski definition) is 4. The monoisotopic (exact) mass is 458 g/mol. The lowest BCUT2D eigenvalue weighted by atomic mass is 10.0. The highest BCUT2D eigenvalue weighted by Crippen LogP contribution is 2.35. The van der Waals surface area contributed by atoms with E-state index in [-0.39, 0.29) is 18.0 Å². The lowest BCUT2D eigenvalue weighted by Gasteiger charge is -2.16. The molecule has 0 aromatic heterocycles. The molecule has 34 heavy (non-hydrogen) atoms. The van der Waals surface area contributed by atoms with Gasteiger partial charge in [0, 0.05) is 5.56 Å². The second-order valence-electron chi connectivity index (χ2n) is 7.60. The lowest BCUT2D eigenvalue weighted by Crippen LogP contribution is -2.35. The SMILES string of the molecule is C=CCc1cc(/C=C2/C(=O)NN(c3ccccc3)C2=O)cc(OC)c1OCc1cccc(F)c1. The van der Waals surface area contributed by atoms with Crippen molar-refractivity contribution in [3.05, 3.63) is 107 Å². The van der Waals surface area contributed by atoms with Crippen molar-refractivity contribution in [2.45, 2.75) is 13.0 Å². The minimum absolute atomic E-state index is 0.00360. The predicted octanol–water partition coefficient (Wildman–Crippen LogP) is 4.60. The first-order valence-electron chi connectivity index (χ1n) is 10.6. The third-order valence-corrected chi connectivity index (χ3v) is 5.23. The molecule has 0 unspecified atom stereocenters. The number of anilines is 1. The first kappa shape index (κ1) is 22.8. The number of allylic oxidation sites excluding steroid dienone is 1. The second kappa shape index (κ2) is 10.0. The van der Waals surface area contributed by atoms with Crippen LogP contribution in [-0.4, -0.2) is 18.9 Å². The zero-order valence-corrected chi connectivity index (χ0v) is 18.6. The summed E-state index contributed by atoms with van der Waals surface area (Å²) in [6.45, 7) is 3.94. The van der Waals surface area contributed by atoms with Crippen LogP contribution in [-0.2, 0) is 22.6 Å². The number of halogens is 1. The standard InChI is InChI=1S/C27H23FN2O4/c1-3-8-20-13-19(15-23-26(31)29-30(27(23)32)22-11-5-4-6-12-22)16-24(33-2)25(20)34-17-18-9-7-10-21(28)14-18/h3-7,9-16H,1,8,17H2,2H3,(H,29,31)/b23-15-. The van der Waals surface area contributed by atoms with Crippen LogP contribution in [0.1, 0.15) is 16.7 Å². The van der Waals surface area contributed by atoms with Gasteiger partial charge in [0.05, 0.1) is 12.8 Å². The number of para-hydroxylation sites is 1. The van der Waals surface area contributed by atoms with Gasteiger partial charge >= 0.3 is 0 Å². The van der Waals surface area contributed by atoms with Crippen LogP contribution in [0.2, 0.25) is 0 Å². The fraction of sp³-hybridized carbons (Fsp3) is 0.111. The Balaban J connectivity index is 1.65. The summed E-state index contributed by atoms with van der Waals surface area (Å²) in [5.74, 6) is -0.378. The van der Waals surface area contributed by atoms with E-state index in [1.54, 1.807) is 48.5 Å². The number of rotatable bonds is 8. The fourth-order valence-corrected chi connectivity index (χ4v) is 3.65. The van der Waals surface area contributed by atoms with E-state index < -0.39 is 11.8 Å². The average Bonchev–Trinajstić information content (AvgIpc) is 3.12. The summed E-state index contributed by atoms with van der Waals surface area (Å²) >= 11 is 0. The molecule has 2 amide bonds. The zero-order valence-electron chi connectivity index (χ0n) is 18.6. The molecule has 6 nitrogen and oxygen atoms in total.